The molecule has 0 bridgehead atoms. The molecule has 1 aromatic rings. The van der Waals surface area contributed by atoms with Gasteiger partial charge in [0, 0.05) is 11.1 Å². The second-order valence-electron chi connectivity index (χ2n) is 9.92. The zero-order valence-corrected chi connectivity index (χ0v) is 20.6. The summed E-state index contributed by atoms with van der Waals surface area (Å²) >= 11 is 0. The Bertz CT molecular complexity index is 769. The molecule has 1 N–H and O–H groups in total. The van der Waals surface area contributed by atoms with Crippen LogP contribution in [0.4, 0.5) is 0 Å². The van der Waals surface area contributed by atoms with Crippen molar-refractivity contribution in [1.82, 2.24) is 0 Å². The molecule has 0 heterocycles. The molecule has 0 saturated carbocycles. The van der Waals surface area contributed by atoms with E-state index >= 15 is 0 Å². The SMILES string of the molecule is C/C(C#Cc1ccccc1)=C/[C@H](O)[C@@H](C#C[Si](C)(C)C)[Si](C)(C)C(C)(C)C. The molecule has 0 unspecified atom stereocenters. The van der Waals surface area contributed by atoms with Crippen LogP contribution in [-0.2, 0) is 0 Å². The Kier molecular flexibility index (Phi) is 7.93. The van der Waals surface area contributed by atoms with Crippen molar-refractivity contribution in [1.29, 1.82) is 0 Å². The highest BCUT2D eigenvalue weighted by Gasteiger charge is 2.44. The molecule has 0 radical (unpaired) electrons. The van der Waals surface area contributed by atoms with Gasteiger partial charge in [-0.15, -0.1) is 11.5 Å². The summed E-state index contributed by atoms with van der Waals surface area (Å²) in [5.74, 6) is 9.86. The number of rotatable bonds is 3. The lowest BCUT2D eigenvalue weighted by Crippen LogP contribution is -2.46. The molecule has 1 rings (SSSR count). The van der Waals surface area contributed by atoms with Crippen molar-refractivity contribution in [3.63, 3.8) is 0 Å². The third kappa shape index (κ3) is 7.55. The molecule has 3 heteroatoms. The highest BCUT2D eigenvalue weighted by molar-refractivity contribution is 6.85. The summed E-state index contributed by atoms with van der Waals surface area (Å²) in [7, 11) is -3.35. The summed E-state index contributed by atoms with van der Waals surface area (Å²) in [4.78, 5) is 0. The molecule has 27 heavy (non-hydrogen) atoms. The quantitative estimate of drug-likeness (QED) is 0.483. The van der Waals surface area contributed by atoms with Crippen LogP contribution in [0.1, 0.15) is 33.3 Å². The average molecular weight is 397 g/mol. The Morgan fingerprint density at radius 1 is 1.04 bits per heavy atom. The van der Waals surface area contributed by atoms with E-state index in [9.17, 15) is 5.11 Å². The molecule has 1 nitrogen and oxygen atoms in total. The number of aliphatic hydroxyl groups excluding tert-OH is 1. The van der Waals surface area contributed by atoms with Gasteiger partial charge in [0.25, 0.3) is 0 Å². The highest BCUT2D eigenvalue weighted by atomic mass is 28.3. The smallest absolute Gasteiger partial charge is 0.129 e. The van der Waals surface area contributed by atoms with Crippen LogP contribution in [-0.4, -0.2) is 27.4 Å². The van der Waals surface area contributed by atoms with Gasteiger partial charge in [0.1, 0.15) is 8.07 Å². The van der Waals surface area contributed by atoms with Crippen molar-refractivity contribution in [2.75, 3.05) is 0 Å². The maximum atomic E-state index is 11.1. The molecule has 0 saturated heterocycles. The van der Waals surface area contributed by atoms with E-state index in [1.54, 1.807) is 0 Å². The molecule has 1 aromatic carbocycles. The molecule has 2 atom stereocenters. The number of allylic oxidation sites excluding steroid dienone is 1. The van der Waals surface area contributed by atoms with Gasteiger partial charge in [0.2, 0.25) is 0 Å². The third-order valence-corrected chi connectivity index (χ3v) is 12.1. The minimum absolute atomic E-state index is 0.00213. The first kappa shape index (κ1) is 23.5. The summed E-state index contributed by atoms with van der Waals surface area (Å²) < 4.78 is 0. The second kappa shape index (κ2) is 9.11. The second-order valence-corrected chi connectivity index (χ2v) is 20.2. The summed E-state index contributed by atoms with van der Waals surface area (Å²) in [6.45, 7) is 20.2. The van der Waals surface area contributed by atoms with Gasteiger partial charge in [0.05, 0.1) is 14.2 Å². The van der Waals surface area contributed by atoms with E-state index in [0.29, 0.717) is 0 Å². The Hall–Kier alpha value is -1.53. The maximum absolute atomic E-state index is 11.1. The summed E-state index contributed by atoms with van der Waals surface area (Å²) in [5, 5.41) is 11.2. The molecule has 0 aliphatic heterocycles. The predicted molar refractivity (Wildman–Crippen MR) is 125 cm³/mol. The van der Waals surface area contributed by atoms with Crippen LogP contribution >= 0.6 is 0 Å². The molecule has 0 spiro atoms. The monoisotopic (exact) mass is 396 g/mol. The summed E-state index contributed by atoms with van der Waals surface area (Å²) in [5.41, 5.74) is 5.39. The Morgan fingerprint density at radius 2 is 1.59 bits per heavy atom. The molecule has 0 aliphatic rings. The Balaban J connectivity index is 3.21. The summed E-state index contributed by atoms with van der Waals surface area (Å²) in [6.07, 6.45) is 1.32. The lowest BCUT2D eigenvalue weighted by Gasteiger charge is -2.42. The fraction of sp³-hybridized carbons (Fsp3) is 0.500. The molecule has 0 aromatic heterocycles. The first-order chi connectivity index (χ1) is 12.2. The van der Waals surface area contributed by atoms with E-state index in [1.807, 2.05) is 43.3 Å². The van der Waals surface area contributed by atoms with Crippen LogP contribution < -0.4 is 0 Å². The van der Waals surface area contributed by atoms with E-state index in [1.165, 1.54) is 0 Å². The van der Waals surface area contributed by atoms with E-state index in [2.05, 4.69) is 76.8 Å². The topological polar surface area (TPSA) is 20.2 Å². The standard InChI is InChI=1S/C24H36OSi2/c1-20(15-16-21-13-11-10-12-14-21)19-22(25)23(17-18-26(5,6)7)27(8,9)24(2,3)4/h10-14,19,22-23,25H,1-9H3/b20-19-/t22-,23+/m0/s1. The van der Waals surface area contributed by atoms with Gasteiger partial charge in [-0.2, -0.15) is 0 Å². The normalized spacial score (nSPS) is 15.1. The van der Waals surface area contributed by atoms with Gasteiger partial charge in [-0.1, -0.05) is 83.5 Å². The fourth-order valence-corrected chi connectivity index (χ4v) is 5.59. The number of hydrogen-bond acceptors (Lipinski definition) is 1. The third-order valence-electron chi connectivity index (χ3n) is 5.25. The van der Waals surface area contributed by atoms with Crippen LogP contribution in [0.25, 0.3) is 0 Å². The molecular formula is C24H36OSi2. The number of benzene rings is 1. The van der Waals surface area contributed by atoms with Gasteiger partial charge in [-0.3, -0.25) is 0 Å². The van der Waals surface area contributed by atoms with Crippen LogP contribution in [0.3, 0.4) is 0 Å². The van der Waals surface area contributed by atoms with Gasteiger partial charge >= 0.3 is 0 Å². The van der Waals surface area contributed by atoms with E-state index in [0.717, 1.165) is 11.1 Å². The molecule has 146 valence electrons. The molecular weight excluding hydrogens is 360 g/mol. The minimum Gasteiger partial charge on any atom is -0.388 e. The van der Waals surface area contributed by atoms with Gasteiger partial charge < -0.3 is 5.11 Å². The van der Waals surface area contributed by atoms with Crippen LogP contribution in [0.2, 0.25) is 43.3 Å². The van der Waals surface area contributed by atoms with Crippen molar-refractivity contribution in [3.05, 3.63) is 47.5 Å². The zero-order valence-electron chi connectivity index (χ0n) is 18.6. The Morgan fingerprint density at radius 3 is 2.07 bits per heavy atom. The average Bonchev–Trinajstić information content (AvgIpc) is 2.51. The Labute approximate surface area is 169 Å². The number of hydrogen-bond donors (Lipinski definition) is 1. The predicted octanol–water partition coefficient (Wildman–Crippen LogP) is 6.10. The van der Waals surface area contributed by atoms with Crippen molar-refractivity contribution < 1.29 is 5.11 Å². The van der Waals surface area contributed by atoms with Crippen LogP contribution in [0, 0.1) is 23.3 Å². The highest BCUT2D eigenvalue weighted by Crippen LogP contribution is 2.45. The largest absolute Gasteiger partial charge is 0.388 e. The first-order valence-corrected chi connectivity index (χ1v) is 16.3. The van der Waals surface area contributed by atoms with Crippen molar-refractivity contribution in [3.8, 4) is 23.3 Å². The molecule has 0 fully saturated rings. The van der Waals surface area contributed by atoms with Crippen molar-refractivity contribution in [2.45, 2.75) is 77.1 Å². The van der Waals surface area contributed by atoms with Gasteiger partial charge in [0.15, 0.2) is 0 Å². The van der Waals surface area contributed by atoms with Crippen molar-refractivity contribution in [2.24, 2.45) is 0 Å². The molecule has 0 aliphatic carbocycles. The zero-order chi connectivity index (χ0) is 20.9. The lowest BCUT2D eigenvalue weighted by atomic mass is 10.1. The van der Waals surface area contributed by atoms with Crippen LogP contribution in [0.5, 0.6) is 0 Å². The minimum atomic E-state index is -1.85. The fourth-order valence-electron chi connectivity index (χ4n) is 2.54. The van der Waals surface area contributed by atoms with Crippen molar-refractivity contribution >= 4 is 16.1 Å². The van der Waals surface area contributed by atoms with Gasteiger partial charge in [-0.25, -0.2) is 0 Å². The van der Waals surface area contributed by atoms with Crippen LogP contribution in [0.15, 0.2) is 42.0 Å². The van der Waals surface area contributed by atoms with E-state index < -0.39 is 22.3 Å². The van der Waals surface area contributed by atoms with E-state index in [-0.39, 0.29) is 10.6 Å². The lowest BCUT2D eigenvalue weighted by molar-refractivity contribution is 0.224. The maximum Gasteiger partial charge on any atom is 0.129 e. The first-order valence-electron chi connectivity index (χ1n) is 9.70. The summed E-state index contributed by atoms with van der Waals surface area (Å²) in [6, 6.07) is 9.94. The van der Waals surface area contributed by atoms with Gasteiger partial charge in [-0.05, 0) is 35.7 Å². The van der Waals surface area contributed by atoms with E-state index in [4.69, 9.17) is 0 Å². The number of aliphatic hydroxyl groups is 1. The molecule has 0 amide bonds.